The fourth-order valence-corrected chi connectivity index (χ4v) is 4.05. The van der Waals surface area contributed by atoms with Gasteiger partial charge in [0.1, 0.15) is 0 Å². The smallest absolute Gasteiger partial charge is 0.240 e. The molecule has 3 N–H and O–H groups in total. The van der Waals surface area contributed by atoms with Crippen molar-refractivity contribution < 1.29 is 8.42 Å². The van der Waals surface area contributed by atoms with Crippen LogP contribution in [0.15, 0.2) is 51.7 Å². The zero-order valence-corrected chi connectivity index (χ0v) is 17.2. The van der Waals surface area contributed by atoms with E-state index in [4.69, 9.17) is 0 Å². The quantitative estimate of drug-likeness (QED) is 0.497. The lowest BCUT2D eigenvalue weighted by Gasteiger charge is -2.25. The summed E-state index contributed by atoms with van der Waals surface area (Å²) < 4.78 is 26.1. The summed E-state index contributed by atoms with van der Waals surface area (Å²) in [6.45, 7) is 5.59. The van der Waals surface area contributed by atoms with Gasteiger partial charge in [-0.2, -0.15) is 0 Å². The first-order valence-electron chi connectivity index (χ1n) is 8.29. The normalized spacial score (nSPS) is 12.8. The SMILES string of the molecule is CN=C(NCc1cccc(S(=O)(=O)NC)c1)NCC(C)(C)c1cccs1. The van der Waals surface area contributed by atoms with Crippen LogP contribution in [0.4, 0.5) is 0 Å². The molecule has 0 amide bonds. The van der Waals surface area contributed by atoms with Gasteiger partial charge in [0.15, 0.2) is 5.96 Å². The number of hydrogen-bond acceptors (Lipinski definition) is 4. The van der Waals surface area contributed by atoms with Gasteiger partial charge in [-0.1, -0.05) is 32.0 Å². The molecule has 0 aliphatic heterocycles. The maximum absolute atomic E-state index is 11.9. The molecule has 0 aliphatic carbocycles. The first-order valence-corrected chi connectivity index (χ1v) is 10.7. The lowest BCUT2D eigenvalue weighted by molar-refractivity contribution is 0.518. The standard InChI is InChI=1S/C18H26N4O2S2/c1-18(2,16-9-6-10-25-16)13-22-17(19-3)21-12-14-7-5-8-15(11-14)26(23,24)20-4/h5-11,20H,12-13H2,1-4H3,(H2,19,21,22). The van der Waals surface area contributed by atoms with E-state index in [1.807, 2.05) is 6.07 Å². The Morgan fingerprint density at radius 2 is 1.96 bits per heavy atom. The molecule has 1 aromatic carbocycles. The fraction of sp³-hybridized carbons (Fsp3) is 0.389. The summed E-state index contributed by atoms with van der Waals surface area (Å²) in [5, 5.41) is 8.65. The Morgan fingerprint density at radius 3 is 2.58 bits per heavy atom. The number of aliphatic imine (C=N–C) groups is 1. The van der Waals surface area contributed by atoms with Crippen LogP contribution >= 0.6 is 11.3 Å². The Morgan fingerprint density at radius 1 is 1.19 bits per heavy atom. The number of thiophene rings is 1. The minimum absolute atomic E-state index is 0.00736. The van der Waals surface area contributed by atoms with Crippen LogP contribution in [-0.2, 0) is 22.0 Å². The van der Waals surface area contributed by atoms with Gasteiger partial charge in [-0.3, -0.25) is 4.99 Å². The number of nitrogens with zero attached hydrogens (tertiary/aromatic N) is 1. The Bertz CT molecular complexity index is 844. The third-order valence-corrected chi connectivity index (χ3v) is 6.69. The minimum Gasteiger partial charge on any atom is -0.356 e. The molecule has 1 heterocycles. The molecule has 1 aromatic heterocycles. The lowest BCUT2D eigenvalue weighted by Crippen LogP contribution is -2.42. The fourth-order valence-electron chi connectivity index (χ4n) is 2.40. The van der Waals surface area contributed by atoms with E-state index in [1.165, 1.54) is 11.9 Å². The second-order valence-electron chi connectivity index (χ2n) is 6.50. The molecule has 142 valence electrons. The number of guanidine groups is 1. The van der Waals surface area contributed by atoms with Gasteiger partial charge in [0, 0.05) is 30.4 Å². The van der Waals surface area contributed by atoms with Crippen LogP contribution in [-0.4, -0.2) is 35.0 Å². The molecule has 2 rings (SSSR count). The first-order chi connectivity index (χ1) is 12.3. The van der Waals surface area contributed by atoms with Crippen molar-refractivity contribution in [1.29, 1.82) is 0 Å². The second-order valence-corrected chi connectivity index (χ2v) is 9.33. The third kappa shape index (κ3) is 5.30. The highest BCUT2D eigenvalue weighted by Gasteiger charge is 2.22. The van der Waals surface area contributed by atoms with Crippen LogP contribution in [0, 0.1) is 0 Å². The van der Waals surface area contributed by atoms with Gasteiger partial charge in [-0.25, -0.2) is 13.1 Å². The van der Waals surface area contributed by atoms with Crippen molar-refractivity contribution in [3.05, 3.63) is 52.2 Å². The molecule has 0 atom stereocenters. The van der Waals surface area contributed by atoms with E-state index in [2.05, 4.69) is 51.7 Å². The van der Waals surface area contributed by atoms with Crippen molar-refractivity contribution in [2.45, 2.75) is 30.7 Å². The monoisotopic (exact) mass is 394 g/mol. The van der Waals surface area contributed by atoms with Crippen molar-refractivity contribution in [2.24, 2.45) is 4.99 Å². The molecule has 2 aromatic rings. The Kier molecular flexibility index (Phi) is 6.80. The average Bonchev–Trinajstić information content (AvgIpc) is 3.18. The molecule has 0 spiro atoms. The summed E-state index contributed by atoms with van der Waals surface area (Å²) in [5.41, 5.74) is 0.855. The zero-order valence-electron chi connectivity index (χ0n) is 15.5. The van der Waals surface area contributed by atoms with E-state index in [0.29, 0.717) is 12.5 Å². The first kappa shape index (κ1) is 20.4. The molecule has 6 nitrogen and oxygen atoms in total. The predicted molar refractivity (Wildman–Crippen MR) is 108 cm³/mol. The summed E-state index contributed by atoms with van der Waals surface area (Å²) in [6.07, 6.45) is 0. The molecule has 8 heteroatoms. The number of sulfonamides is 1. The van der Waals surface area contributed by atoms with Crippen molar-refractivity contribution in [1.82, 2.24) is 15.4 Å². The summed E-state index contributed by atoms with van der Waals surface area (Å²) in [6, 6.07) is 11.0. The van der Waals surface area contributed by atoms with Gasteiger partial charge in [-0.05, 0) is 36.2 Å². The van der Waals surface area contributed by atoms with E-state index >= 15 is 0 Å². The molecule has 26 heavy (non-hydrogen) atoms. The summed E-state index contributed by atoms with van der Waals surface area (Å²) in [4.78, 5) is 5.80. The lowest BCUT2D eigenvalue weighted by atomic mass is 9.91. The second kappa shape index (κ2) is 8.66. The van der Waals surface area contributed by atoms with Crippen molar-refractivity contribution in [2.75, 3.05) is 20.6 Å². The molecular formula is C18H26N4O2S2. The molecule has 0 radical (unpaired) electrons. The van der Waals surface area contributed by atoms with Gasteiger partial charge < -0.3 is 10.6 Å². The average molecular weight is 395 g/mol. The van der Waals surface area contributed by atoms with Gasteiger partial charge >= 0.3 is 0 Å². The third-order valence-electron chi connectivity index (χ3n) is 4.05. The highest BCUT2D eigenvalue weighted by atomic mass is 32.2. The van der Waals surface area contributed by atoms with Crippen LogP contribution in [0.25, 0.3) is 0 Å². The number of benzene rings is 1. The van der Waals surface area contributed by atoms with Crippen LogP contribution in [0.1, 0.15) is 24.3 Å². The Balaban J connectivity index is 1.96. The molecule has 0 aliphatic rings. The van der Waals surface area contributed by atoms with E-state index in [-0.39, 0.29) is 10.3 Å². The number of rotatable bonds is 7. The molecule has 0 unspecified atom stereocenters. The summed E-state index contributed by atoms with van der Waals surface area (Å²) in [7, 11) is -0.320. The zero-order chi connectivity index (χ0) is 19.2. The van der Waals surface area contributed by atoms with Gasteiger partial charge in [0.2, 0.25) is 10.0 Å². The Hall–Kier alpha value is -1.90. The van der Waals surface area contributed by atoms with E-state index < -0.39 is 10.0 Å². The number of nitrogens with one attached hydrogen (secondary N) is 3. The highest BCUT2D eigenvalue weighted by molar-refractivity contribution is 7.89. The van der Waals surface area contributed by atoms with Gasteiger partial charge in [-0.15, -0.1) is 11.3 Å². The van der Waals surface area contributed by atoms with Crippen molar-refractivity contribution in [3.63, 3.8) is 0 Å². The largest absolute Gasteiger partial charge is 0.356 e. The van der Waals surface area contributed by atoms with Gasteiger partial charge in [0.25, 0.3) is 0 Å². The van der Waals surface area contributed by atoms with Gasteiger partial charge in [0.05, 0.1) is 4.90 Å². The van der Waals surface area contributed by atoms with E-state index in [1.54, 1.807) is 36.6 Å². The summed E-state index contributed by atoms with van der Waals surface area (Å²) >= 11 is 1.74. The topological polar surface area (TPSA) is 82.6 Å². The van der Waals surface area contributed by atoms with Crippen molar-refractivity contribution >= 4 is 27.3 Å². The molecule has 0 saturated heterocycles. The highest BCUT2D eigenvalue weighted by Crippen LogP contribution is 2.26. The predicted octanol–water partition coefficient (Wildman–Crippen LogP) is 2.30. The maximum atomic E-state index is 11.9. The van der Waals surface area contributed by atoms with Crippen LogP contribution in [0.3, 0.4) is 0 Å². The number of hydrogen-bond donors (Lipinski definition) is 3. The molecule has 0 bridgehead atoms. The Labute approximate surface area is 159 Å². The maximum Gasteiger partial charge on any atom is 0.240 e. The van der Waals surface area contributed by atoms with Crippen LogP contribution in [0.5, 0.6) is 0 Å². The molecular weight excluding hydrogens is 368 g/mol. The molecule has 0 saturated carbocycles. The van der Waals surface area contributed by atoms with Crippen molar-refractivity contribution in [3.8, 4) is 0 Å². The van der Waals surface area contributed by atoms with E-state index in [9.17, 15) is 8.42 Å². The molecule has 0 fully saturated rings. The minimum atomic E-state index is -3.44. The summed E-state index contributed by atoms with van der Waals surface area (Å²) in [5.74, 6) is 0.677. The van der Waals surface area contributed by atoms with Crippen LogP contribution in [0.2, 0.25) is 0 Å². The van der Waals surface area contributed by atoms with Crippen LogP contribution < -0.4 is 15.4 Å². The van der Waals surface area contributed by atoms with E-state index in [0.717, 1.165) is 12.1 Å².